The summed E-state index contributed by atoms with van der Waals surface area (Å²) in [6.45, 7) is 8.67. The molecule has 1 unspecified atom stereocenters. The minimum Gasteiger partial charge on any atom is -0.372 e. The summed E-state index contributed by atoms with van der Waals surface area (Å²) in [6.07, 6.45) is 9.41. The second kappa shape index (κ2) is 9.01. The Hall–Kier alpha value is -1.12. The normalized spacial score (nSPS) is 14.9. The van der Waals surface area contributed by atoms with Gasteiger partial charge in [-0.25, -0.2) is 0 Å². The molecule has 2 nitrogen and oxygen atoms in total. The van der Waals surface area contributed by atoms with E-state index in [1.165, 1.54) is 48.8 Å². The van der Waals surface area contributed by atoms with Crippen LogP contribution in [0.5, 0.6) is 0 Å². The fourth-order valence-corrected chi connectivity index (χ4v) is 2.93. The molecular formula is C19H29NO. The monoisotopic (exact) mass is 287 g/mol. The molecule has 0 spiro atoms. The van der Waals surface area contributed by atoms with Gasteiger partial charge in [-0.1, -0.05) is 44.0 Å². The van der Waals surface area contributed by atoms with Crippen molar-refractivity contribution in [3.05, 3.63) is 47.5 Å². The maximum absolute atomic E-state index is 5.53. The van der Waals surface area contributed by atoms with Crippen LogP contribution in [0, 0.1) is 0 Å². The second-order valence-electron chi connectivity index (χ2n) is 5.95. The lowest BCUT2D eigenvalue weighted by Crippen LogP contribution is -2.22. The van der Waals surface area contributed by atoms with Crippen molar-refractivity contribution in [1.29, 1.82) is 0 Å². The van der Waals surface area contributed by atoms with E-state index in [2.05, 4.69) is 37.0 Å². The number of hydrogen-bond donors (Lipinski definition) is 1. The van der Waals surface area contributed by atoms with Gasteiger partial charge in [0.2, 0.25) is 0 Å². The molecule has 0 aliphatic carbocycles. The van der Waals surface area contributed by atoms with E-state index in [1.807, 2.05) is 6.08 Å². The average Bonchev–Trinajstić information content (AvgIpc) is 2.97. The summed E-state index contributed by atoms with van der Waals surface area (Å²) in [7, 11) is 0. The number of hydrogen-bond acceptors (Lipinski definition) is 2. The molecule has 1 atom stereocenters. The van der Waals surface area contributed by atoms with Crippen LogP contribution in [0.2, 0.25) is 0 Å². The third-order valence-electron chi connectivity index (χ3n) is 4.19. The second-order valence-corrected chi connectivity index (χ2v) is 5.95. The van der Waals surface area contributed by atoms with Gasteiger partial charge in [-0.2, -0.15) is 0 Å². The van der Waals surface area contributed by atoms with Crippen molar-refractivity contribution in [2.45, 2.75) is 64.7 Å². The number of unbranched alkanes of at least 4 members (excludes halogenated alkanes) is 3. The average molecular weight is 287 g/mol. The van der Waals surface area contributed by atoms with Gasteiger partial charge in [0.1, 0.15) is 0 Å². The molecule has 1 heterocycles. The molecule has 0 radical (unpaired) electrons. The summed E-state index contributed by atoms with van der Waals surface area (Å²) in [6, 6.07) is 7.36. The van der Waals surface area contributed by atoms with Gasteiger partial charge in [0, 0.05) is 6.04 Å². The van der Waals surface area contributed by atoms with Crippen molar-refractivity contribution in [3.63, 3.8) is 0 Å². The zero-order valence-electron chi connectivity index (χ0n) is 13.4. The largest absolute Gasteiger partial charge is 0.372 e. The summed E-state index contributed by atoms with van der Waals surface area (Å²) in [5.74, 6) is 0. The van der Waals surface area contributed by atoms with E-state index < -0.39 is 0 Å². The molecule has 116 valence electrons. The van der Waals surface area contributed by atoms with Crippen LogP contribution in [-0.4, -0.2) is 6.54 Å². The molecule has 0 fully saturated rings. The molecule has 1 aliphatic heterocycles. The highest BCUT2D eigenvalue weighted by atomic mass is 16.5. The molecule has 21 heavy (non-hydrogen) atoms. The van der Waals surface area contributed by atoms with Crippen LogP contribution in [0.25, 0.3) is 0 Å². The Morgan fingerprint density at radius 2 is 2.10 bits per heavy atom. The Balaban J connectivity index is 1.92. The van der Waals surface area contributed by atoms with Crippen LogP contribution in [0.4, 0.5) is 0 Å². The first-order chi connectivity index (χ1) is 10.3. The lowest BCUT2D eigenvalue weighted by Gasteiger charge is -2.20. The molecule has 0 aromatic heterocycles. The van der Waals surface area contributed by atoms with Crippen molar-refractivity contribution in [2.24, 2.45) is 0 Å². The topological polar surface area (TPSA) is 21.3 Å². The fraction of sp³-hybridized carbons (Fsp3) is 0.579. The van der Waals surface area contributed by atoms with Gasteiger partial charge in [-0.15, -0.1) is 6.58 Å². The van der Waals surface area contributed by atoms with Gasteiger partial charge < -0.3 is 10.1 Å². The van der Waals surface area contributed by atoms with E-state index in [4.69, 9.17) is 4.74 Å². The van der Waals surface area contributed by atoms with Crippen LogP contribution in [0.1, 0.15) is 68.2 Å². The lowest BCUT2D eigenvalue weighted by molar-refractivity contribution is 0.134. The van der Waals surface area contributed by atoms with Crippen LogP contribution in [0.3, 0.4) is 0 Å². The summed E-state index contributed by atoms with van der Waals surface area (Å²) in [5.41, 5.74) is 4.16. The minimum absolute atomic E-state index is 0.486. The predicted molar refractivity (Wildman–Crippen MR) is 89.3 cm³/mol. The van der Waals surface area contributed by atoms with Crippen molar-refractivity contribution in [1.82, 2.24) is 5.32 Å². The molecular weight excluding hydrogens is 258 g/mol. The van der Waals surface area contributed by atoms with Crippen LogP contribution in [-0.2, 0) is 18.0 Å². The van der Waals surface area contributed by atoms with Crippen molar-refractivity contribution in [3.8, 4) is 0 Å². The number of ether oxygens (including phenoxy) is 1. The SMILES string of the molecule is C=CCCCCCC(NCCC)c1ccc2c(c1)COC2. The van der Waals surface area contributed by atoms with E-state index in [0.717, 1.165) is 26.2 Å². The molecule has 1 N–H and O–H groups in total. The van der Waals surface area contributed by atoms with E-state index in [0.29, 0.717) is 6.04 Å². The molecule has 0 saturated heterocycles. The first-order valence-electron chi connectivity index (χ1n) is 8.39. The number of rotatable bonds is 10. The van der Waals surface area contributed by atoms with Crippen LogP contribution < -0.4 is 5.32 Å². The fourth-order valence-electron chi connectivity index (χ4n) is 2.93. The van der Waals surface area contributed by atoms with Gasteiger partial charge in [-0.05, 0) is 48.9 Å². The highest BCUT2D eigenvalue weighted by Crippen LogP contribution is 2.26. The van der Waals surface area contributed by atoms with E-state index in [-0.39, 0.29) is 0 Å². The van der Waals surface area contributed by atoms with Gasteiger partial charge >= 0.3 is 0 Å². The Kier molecular flexibility index (Phi) is 6.98. The molecule has 1 aromatic carbocycles. The van der Waals surface area contributed by atoms with Crippen LogP contribution >= 0.6 is 0 Å². The smallest absolute Gasteiger partial charge is 0.0725 e. The standard InChI is InChI=1S/C19H29NO/c1-3-5-6-7-8-9-19(20-12-4-2)16-10-11-17-14-21-15-18(17)13-16/h3,10-11,13,19-20H,1,4-9,12,14-15H2,2H3. The van der Waals surface area contributed by atoms with E-state index in [1.54, 1.807) is 0 Å². The van der Waals surface area contributed by atoms with Crippen molar-refractivity contribution in [2.75, 3.05) is 6.54 Å². The van der Waals surface area contributed by atoms with Crippen LogP contribution in [0.15, 0.2) is 30.9 Å². The van der Waals surface area contributed by atoms with E-state index >= 15 is 0 Å². The Morgan fingerprint density at radius 3 is 2.90 bits per heavy atom. The maximum Gasteiger partial charge on any atom is 0.0725 e. The maximum atomic E-state index is 5.53. The molecule has 0 amide bonds. The Bertz CT molecular complexity index is 441. The van der Waals surface area contributed by atoms with E-state index in [9.17, 15) is 0 Å². The predicted octanol–water partition coefficient (Wildman–Crippen LogP) is 4.89. The number of fused-ring (bicyclic) bond motifs is 1. The zero-order valence-corrected chi connectivity index (χ0v) is 13.4. The summed E-state index contributed by atoms with van der Waals surface area (Å²) in [4.78, 5) is 0. The summed E-state index contributed by atoms with van der Waals surface area (Å²) >= 11 is 0. The highest BCUT2D eigenvalue weighted by Gasteiger charge is 2.15. The molecule has 0 bridgehead atoms. The van der Waals surface area contributed by atoms with Gasteiger partial charge in [0.25, 0.3) is 0 Å². The zero-order chi connectivity index (χ0) is 14.9. The number of nitrogens with one attached hydrogen (secondary N) is 1. The number of benzene rings is 1. The third kappa shape index (κ3) is 4.98. The van der Waals surface area contributed by atoms with Gasteiger partial charge in [0.15, 0.2) is 0 Å². The molecule has 2 rings (SSSR count). The number of allylic oxidation sites excluding steroid dienone is 1. The summed E-state index contributed by atoms with van der Waals surface area (Å²) in [5, 5.41) is 3.71. The van der Waals surface area contributed by atoms with Crippen molar-refractivity contribution < 1.29 is 4.74 Å². The Morgan fingerprint density at radius 1 is 1.24 bits per heavy atom. The molecule has 0 saturated carbocycles. The first kappa shape index (κ1) is 16.3. The first-order valence-corrected chi connectivity index (χ1v) is 8.39. The highest BCUT2D eigenvalue weighted by molar-refractivity contribution is 5.34. The van der Waals surface area contributed by atoms with Crippen molar-refractivity contribution >= 4 is 0 Å². The van der Waals surface area contributed by atoms with Gasteiger partial charge in [0.05, 0.1) is 13.2 Å². The quantitative estimate of drug-likeness (QED) is 0.488. The molecule has 1 aliphatic rings. The third-order valence-corrected chi connectivity index (χ3v) is 4.19. The van der Waals surface area contributed by atoms with Gasteiger partial charge in [-0.3, -0.25) is 0 Å². The molecule has 1 aromatic rings. The lowest BCUT2D eigenvalue weighted by atomic mass is 9.96. The summed E-state index contributed by atoms with van der Waals surface area (Å²) < 4.78 is 5.53. The minimum atomic E-state index is 0.486. The Labute approximate surface area is 129 Å². The molecule has 2 heteroatoms.